The molecule has 1 fully saturated rings. The van der Waals surface area contributed by atoms with E-state index < -0.39 is 5.41 Å². The van der Waals surface area contributed by atoms with Gasteiger partial charge in [0.15, 0.2) is 0 Å². The van der Waals surface area contributed by atoms with Gasteiger partial charge in [0.2, 0.25) is 0 Å². The maximum atomic E-state index is 13.1. The molecule has 2 rings (SSSR count). The van der Waals surface area contributed by atoms with E-state index in [-0.39, 0.29) is 5.82 Å². The third-order valence-corrected chi connectivity index (χ3v) is 2.77. The van der Waals surface area contributed by atoms with Crippen molar-refractivity contribution >= 4 is 5.69 Å². The molecule has 1 aliphatic rings. The Morgan fingerprint density at radius 2 is 2.35 bits per heavy atom. The number of nitrogens with zero attached hydrogens (tertiary/aromatic N) is 1. The second-order valence-electron chi connectivity index (χ2n) is 4.08. The van der Waals surface area contributed by atoms with Gasteiger partial charge in [0, 0.05) is 12.6 Å². The van der Waals surface area contributed by atoms with E-state index in [2.05, 4.69) is 11.4 Å². The van der Waals surface area contributed by atoms with Crippen molar-refractivity contribution in [3.8, 4) is 11.8 Å². The molecule has 0 saturated carbocycles. The maximum absolute atomic E-state index is 13.1. The molecular formula is C12H13FN2O2. The molecule has 0 atom stereocenters. The zero-order chi connectivity index (χ0) is 12.3. The van der Waals surface area contributed by atoms with E-state index in [0.29, 0.717) is 31.2 Å². The topological polar surface area (TPSA) is 54.3 Å². The summed E-state index contributed by atoms with van der Waals surface area (Å²) >= 11 is 0. The Morgan fingerprint density at radius 1 is 1.59 bits per heavy atom. The van der Waals surface area contributed by atoms with Crippen LogP contribution in [0, 0.1) is 22.6 Å². The first-order valence-corrected chi connectivity index (χ1v) is 5.25. The van der Waals surface area contributed by atoms with Gasteiger partial charge < -0.3 is 14.8 Å². The van der Waals surface area contributed by atoms with Gasteiger partial charge in [-0.2, -0.15) is 5.26 Å². The van der Waals surface area contributed by atoms with Gasteiger partial charge >= 0.3 is 0 Å². The molecule has 0 aromatic heterocycles. The zero-order valence-corrected chi connectivity index (χ0v) is 9.50. The summed E-state index contributed by atoms with van der Waals surface area (Å²) in [6.07, 6.45) is 0. The van der Waals surface area contributed by atoms with E-state index in [1.54, 1.807) is 6.07 Å². The Labute approximate surface area is 99.0 Å². The van der Waals surface area contributed by atoms with Crippen molar-refractivity contribution in [1.82, 2.24) is 0 Å². The predicted molar refractivity (Wildman–Crippen MR) is 60.3 cm³/mol. The number of nitriles is 1. The van der Waals surface area contributed by atoms with Crippen LogP contribution in [-0.4, -0.2) is 26.9 Å². The van der Waals surface area contributed by atoms with Gasteiger partial charge in [-0.3, -0.25) is 0 Å². The molecule has 0 amide bonds. The second kappa shape index (κ2) is 4.60. The van der Waals surface area contributed by atoms with E-state index in [4.69, 9.17) is 14.7 Å². The average molecular weight is 236 g/mol. The monoisotopic (exact) mass is 236 g/mol. The summed E-state index contributed by atoms with van der Waals surface area (Å²) in [5.41, 5.74) is 0.0474. The van der Waals surface area contributed by atoms with Crippen LogP contribution in [0.3, 0.4) is 0 Å². The highest BCUT2D eigenvalue weighted by atomic mass is 19.1. The summed E-state index contributed by atoms with van der Waals surface area (Å²) in [4.78, 5) is 0. The van der Waals surface area contributed by atoms with E-state index in [9.17, 15) is 4.39 Å². The van der Waals surface area contributed by atoms with Crippen LogP contribution in [0.4, 0.5) is 10.1 Å². The van der Waals surface area contributed by atoms with Crippen LogP contribution in [0.15, 0.2) is 18.2 Å². The van der Waals surface area contributed by atoms with Crippen molar-refractivity contribution < 1.29 is 13.9 Å². The minimum atomic E-state index is -0.503. The number of hydrogen-bond donors (Lipinski definition) is 1. The highest BCUT2D eigenvalue weighted by Crippen LogP contribution is 2.30. The summed E-state index contributed by atoms with van der Waals surface area (Å²) < 4.78 is 23.2. The molecule has 0 aliphatic carbocycles. The lowest BCUT2D eigenvalue weighted by Gasteiger charge is -2.35. The third-order valence-electron chi connectivity index (χ3n) is 2.77. The molecule has 1 saturated heterocycles. The van der Waals surface area contributed by atoms with E-state index in [0.717, 1.165) is 0 Å². The molecule has 1 heterocycles. The fraction of sp³-hybridized carbons (Fsp3) is 0.417. The lowest BCUT2D eigenvalue weighted by molar-refractivity contribution is -0.0690. The van der Waals surface area contributed by atoms with Gasteiger partial charge in [-0.15, -0.1) is 0 Å². The van der Waals surface area contributed by atoms with Gasteiger partial charge in [-0.1, -0.05) is 0 Å². The summed E-state index contributed by atoms with van der Waals surface area (Å²) in [5.74, 6) is 0.212. The first-order chi connectivity index (χ1) is 8.19. The first-order valence-electron chi connectivity index (χ1n) is 5.25. The standard InChI is InChI=1S/C12H13FN2O2/c1-16-11-3-2-9(13)4-10(11)15-6-12(5-14)7-17-8-12/h2-4,15H,6-8H2,1H3. The van der Waals surface area contributed by atoms with Crippen molar-refractivity contribution in [1.29, 1.82) is 5.26 Å². The molecule has 1 aromatic carbocycles. The van der Waals surface area contributed by atoms with Crippen molar-refractivity contribution in [2.45, 2.75) is 0 Å². The van der Waals surface area contributed by atoms with Gasteiger partial charge in [-0.05, 0) is 12.1 Å². The van der Waals surface area contributed by atoms with Gasteiger partial charge in [-0.25, -0.2) is 4.39 Å². The fourth-order valence-corrected chi connectivity index (χ4v) is 1.64. The van der Waals surface area contributed by atoms with Gasteiger partial charge in [0.1, 0.15) is 17.0 Å². The molecule has 90 valence electrons. The molecule has 1 aromatic rings. The average Bonchev–Trinajstić information content (AvgIpc) is 2.28. The molecule has 5 heteroatoms. The van der Waals surface area contributed by atoms with Gasteiger partial charge in [0.05, 0.1) is 32.1 Å². The number of nitrogens with one attached hydrogen (secondary N) is 1. The number of hydrogen-bond acceptors (Lipinski definition) is 4. The second-order valence-corrected chi connectivity index (χ2v) is 4.08. The number of benzene rings is 1. The lowest BCUT2D eigenvalue weighted by atomic mass is 9.88. The smallest absolute Gasteiger partial charge is 0.142 e. The molecule has 1 N–H and O–H groups in total. The SMILES string of the molecule is COc1ccc(F)cc1NCC1(C#N)COC1. The minimum Gasteiger partial charge on any atom is -0.495 e. The van der Waals surface area contributed by atoms with E-state index >= 15 is 0 Å². The van der Waals surface area contributed by atoms with E-state index in [1.165, 1.54) is 19.2 Å². The van der Waals surface area contributed by atoms with Crippen LogP contribution in [0.2, 0.25) is 0 Å². The minimum absolute atomic E-state index is 0.343. The number of anilines is 1. The molecule has 4 nitrogen and oxygen atoms in total. The van der Waals surface area contributed by atoms with Crippen LogP contribution in [0.1, 0.15) is 0 Å². The van der Waals surface area contributed by atoms with Crippen LogP contribution in [-0.2, 0) is 4.74 Å². The highest BCUT2D eigenvalue weighted by molar-refractivity contribution is 5.56. The van der Waals surface area contributed by atoms with E-state index in [1.807, 2.05) is 0 Å². The predicted octanol–water partition coefficient (Wildman–Crippen LogP) is 1.79. The van der Waals surface area contributed by atoms with Crippen LogP contribution < -0.4 is 10.1 Å². The lowest BCUT2D eigenvalue weighted by Crippen LogP contribution is -2.46. The van der Waals surface area contributed by atoms with Crippen LogP contribution >= 0.6 is 0 Å². The molecular weight excluding hydrogens is 223 g/mol. The van der Waals surface area contributed by atoms with Crippen LogP contribution in [0.25, 0.3) is 0 Å². The normalized spacial score (nSPS) is 16.8. The Morgan fingerprint density at radius 3 is 2.88 bits per heavy atom. The summed E-state index contributed by atoms with van der Waals surface area (Å²) in [6.45, 7) is 1.24. The molecule has 0 radical (unpaired) electrons. The first kappa shape index (κ1) is 11.7. The summed E-state index contributed by atoms with van der Waals surface area (Å²) in [7, 11) is 1.52. The highest BCUT2D eigenvalue weighted by Gasteiger charge is 2.38. The number of halogens is 1. The Bertz CT molecular complexity index is 452. The van der Waals surface area contributed by atoms with Crippen molar-refractivity contribution in [2.75, 3.05) is 32.2 Å². The molecule has 0 unspecified atom stereocenters. The zero-order valence-electron chi connectivity index (χ0n) is 9.50. The summed E-state index contributed by atoms with van der Waals surface area (Å²) in [5, 5.41) is 12.1. The largest absolute Gasteiger partial charge is 0.495 e. The molecule has 1 aliphatic heterocycles. The molecule has 17 heavy (non-hydrogen) atoms. The fourth-order valence-electron chi connectivity index (χ4n) is 1.64. The number of rotatable bonds is 4. The molecule has 0 bridgehead atoms. The summed E-state index contributed by atoms with van der Waals surface area (Å²) in [6, 6.07) is 6.45. The third kappa shape index (κ3) is 2.32. The number of methoxy groups -OCH3 is 1. The van der Waals surface area contributed by atoms with Crippen LogP contribution in [0.5, 0.6) is 5.75 Å². The molecule has 0 spiro atoms. The van der Waals surface area contributed by atoms with Crippen molar-refractivity contribution in [2.24, 2.45) is 5.41 Å². The van der Waals surface area contributed by atoms with Crippen molar-refractivity contribution in [3.05, 3.63) is 24.0 Å². The van der Waals surface area contributed by atoms with Gasteiger partial charge in [0.25, 0.3) is 0 Å². The van der Waals surface area contributed by atoms with Crippen molar-refractivity contribution in [3.63, 3.8) is 0 Å². The Hall–Kier alpha value is -1.80. The number of ether oxygens (including phenoxy) is 2. The Kier molecular flexibility index (Phi) is 3.16. The maximum Gasteiger partial charge on any atom is 0.142 e. The Balaban J connectivity index is 2.08. The quantitative estimate of drug-likeness (QED) is 0.865.